The molecule has 0 spiro atoms. The van der Waals surface area contributed by atoms with E-state index in [4.69, 9.17) is 4.74 Å². The largest absolute Gasteiger partial charge is 0.391 e. The van der Waals surface area contributed by atoms with E-state index in [-0.39, 0.29) is 11.4 Å². The normalized spacial score (nSPS) is 32.0. The van der Waals surface area contributed by atoms with E-state index in [1.165, 1.54) is 11.1 Å². The Balaban J connectivity index is 2.14. The van der Waals surface area contributed by atoms with Crippen molar-refractivity contribution in [2.24, 2.45) is 0 Å². The maximum Gasteiger partial charge on any atom is 0.256 e. The minimum absolute atomic E-state index is 0.135. The maximum absolute atomic E-state index is 11.6. The van der Waals surface area contributed by atoms with Crippen LogP contribution in [0.25, 0.3) is 0 Å². The average Bonchev–Trinajstić information content (AvgIpc) is 2.73. The number of ether oxygens (including phenoxy) is 1. The molecule has 0 aliphatic carbocycles. The van der Waals surface area contributed by atoms with Crippen LogP contribution < -0.4 is 5.32 Å². The predicted octanol–water partition coefficient (Wildman–Crippen LogP) is -0.688. The second kappa shape index (κ2) is 6.79. The molecule has 0 unspecified atom stereocenters. The van der Waals surface area contributed by atoms with Gasteiger partial charge in [0.15, 0.2) is 6.23 Å². The van der Waals surface area contributed by atoms with Gasteiger partial charge < -0.3 is 30.3 Å². The van der Waals surface area contributed by atoms with Crippen LogP contribution in [0.4, 0.5) is 0 Å². The number of hydrogen-bond donors (Lipinski definition) is 4. The topological polar surface area (TPSA) is 102 Å². The van der Waals surface area contributed by atoms with Crippen molar-refractivity contribution in [2.45, 2.75) is 31.0 Å². The van der Waals surface area contributed by atoms with Crippen molar-refractivity contribution in [3.63, 3.8) is 0 Å². The summed E-state index contributed by atoms with van der Waals surface area (Å²) in [5.41, 5.74) is 0.135. The monoisotopic (exact) mass is 344 g/mol. The molecule has 8 heteroatoms. The van der Waals surface area contributed by atoms with Crippen LogP contribution in [0.15, 0.2) is 24.2 Å². The zero-order valence-electron chi connectivity index (χ0n) is 13.5. The summed E-state index contributed by atoms with van der Waals surface area (Å²) in [6.07, 6.45) is 3.41. The fourth-order valence-corrected chi connectivity index (χ4v) is 3.55. The van der Waals surface area contributed by atoms with Gasteiger partial charge in [0.05, 0.1) is 18.3 Å². The number of carbonyl (C=O) groups is 1. The fraction of sp³-hybridized carbons (Fsp3) is 0.600. The van der Waals surface area contributed by atoms with E-state index in [1.807, 2.05) is 0 Å². The number of aliphatic hydroxyl groups excluding tert-OH is 3. The van der Waals surface area contributed by atoms with Gasteiger partial charge in [0.1, 0.15) is 18.0 Å². The Morgan fingerprint density at radius 1 is 1.39 bits per heavy atom. The third-order valence-corrected chi connectivity index (χ3v) is 5.43. The zero-order chi connectivity index (χ0) is 17.4. The molecule has 4 N–H and O–H groups in total. The van der Waals surface area contributed by atoms with Crippen molar-refractivity contribution >= 4 is 19.1 Å². The second-order valence-corrected chi connectivity index (χ2v) is 10.9. The van der Waals surface area contributed by atoms with Crippen LogP contribution in [0.1, 0.15) is 6.42 Å². The second-order valence-electron chi connectivity index (χ2n) is 6.61. The molecule has 0 saturated carbocycles. The van der Waals surface area contributed by atoms with Gasteiger partial charge in [-0.15, -0.1) is 13.2 Å². The lowest BCUT2D eigenvalue weighted by atomic mass is 10.1. The van der Waals surface area contributed by atoms with Gasteiger partial charge in [0, 0.05) is 6.20 Å². The molecule has 1 amide bonds. The highest BCUT2D eigenvalue weighted by molar-refractivity contribution is 7.72. The molecule has 0 bridgehead atoms. The summed E-state index contributed by atoms with van der Waals surface area (Å²) in [5, 5.41) is 32.2. The number of aliphatic hydroxyl groups is 3. The summed E-state index contributed by atoms with van der Waals surface area (Å²) in [6, 6.07) is 0. The number of carbonyl (C=O) groups excluding carboxylic acids is 1. The maximum atomic E-state index is 11.6. The van der Waals surface area contributed by atoms with E-state index in [1.54, 1.807) is 0 Å². The Labute approximate surface area is 136 Å². The van der Waals surface area contributed by atoms with Crippen LogP contribution in [0.2, 0.25) is 0 Å². The number of amides is 1. The Bertz CT molecular complexity index is 570. The standard InChI is InChI=1S/C15H25N2O5P/c1-9-16-14(21)10(8-18)7-17(9)15-13(20)12(19)11(22-15)5-6-23(2,3)4/h7,11-13,15,18-20H,1-2,5-6,8H2,3-4H3,(H,16,21)/t11-,12-,13-,15-/m1/s1. The fourth-order valence-electron chi connectivity index (χ4n) is 2.59. The lowest BCUT2D eigenvalue weighted by molar-refractivity contribution is -0.120. The van der Waals surface area contributed by atoms with Gasteiger partial charge in [0.2, 0.25) is 0 Å². The van der Waals surface area contributed by atoms with Crippen LogP contribution in [-0.4, -0.2) is 83.1 Å². The number of rotatable bonds is 5. The summed E-state index contributed by atoms with van der Waals surface area (Å²) in [7, 11) is 0. The molecule has 0 aromatic rings. The van der Waals surface area contributed by atoms with Crippen LogP contribution in [0.5, 0.6) is 0 Å². The van der Waals surface area contributed by atoms with Crippen molar-refractivity contribution in [1.82, 2.24) is 10.2 Å². The van der Waals surface area contributed by atoms with Gasteiger partial charge in [-0.25, -0.2) is 0 Å². The highest BCUT2D eigenvalue weighted by atomic mass is 31.2. The number of nitrogens with zero attached hydrogens (tertiary/aromatic N) is 1. The summed E-state index contributed by atoms with van der Waals surface area (Å²) < 4.78 is 5.80. The van der Waals surface area contributed by atoms with Crippen LogP contribution >= 0.6 is 6.89 Å². The lowest BCUT2D eigenvalue weighted by Gasteiger charge is -2.34. The van der Waals surface area contributed by atoms with Crippen LogP contribution in [0.3, 0.4) is 0 Å². The molecule has 2 rings (SSSR count). The van der Waals surface area contributed by atoms with E-state index >= 15 is 0 Å². The van der Waals surface area contributed by atoms with Gasteiger partial charge in [0.25, 0.3) is 5.91 Å². The lowest BCUT2D eigenvalue weighted by Crippen LogP contribution is -2.48. The molecule has 1 saturated heterocycles. The molecular formula is C15H25N2O5P. The van der Waals surface area contributed by atoms with Gasteiger partial charge in [-0.2, -0.15) is 0 Å². The van der Waals surface area contributed by atoms with Gasteiger partial charge in [-0.05, 0) is 25.9 Å². The molecule has 2 aliphatic heterocycles. The van der Waals surface area contributed by atoms with E-state index in [0.717, 1.165) is 6.16 Å². The van der Waals surface area contributed by atoms with Crippen LogP contribution in [-0.2, 0) is 9.53 Å². The molecule has 0 aromatic carbocycles. The molecule has 4 atom stereocenters. The quantitative estimate of drug-likeness (QED) is 0.493. The summed E-state index contributed by atoms with van der Waals surface area (Å²) in [6.45, 7) is 6.22. The molecule has 130 valence electrons. The van der Waals surface area contributed by atoms with E-state index in [9.17, 15) is 20.1 Å². The first-order valence-electron chi connectivity index (χ1n) is 7.43. The SMILES string of the molecule is C=C1NC(=O)C(CO)=CN1[C@@H]1O[C@H](CCP(=C)(C)C)[C@@H](O)[C@H]1O. The van der Waals surface area contributed by atoms with Crippen molar-refractivity contribution in [2.75, 3.05) is 26.1 Å². The summed E-state index contributed by atoms with van der Waals surface area (Å²) in [5.74, 6) is -0.212. The Morgan fingerprint density at radius 3 is 2.61 bits per heavy atom. The number of nitrogens with one attached hydrogen (secondary N) is 1. The molecule has 7 nitrogen and oxygen atoms in total. The Kier molecular flexibility index (Phi) is 5.38. The number of hydrogen-bond acceptors (Lipinski definition) is 6. The molecule has 2 aliphatic rings. The molecule has 23 heavy (non-hydrogen) atoms. The third kappa shape index (κ3) is 4.05. The smallest absolute Gasteiger partial charge is 0.256 e. The summed E-state index contributed by atoms with van der Waals surface area (Å²) >= 11 is 0. The highest BCUT2D eigenvalue weighted by Gasteiger charge is 2.46. The highest BCUT2D eigenvalue weighted by Crippen LogP contribution is 2.38. The van der Waals surface area contributed by atoms with E-state index in [2.05, 4.69) is 31.5 Å². The molecule has 0 radical (unpaired) electrons. The van der Waals surface area contributed by atoms with Crippen molar-refractivity contribution in [3.05, 3.63) is 24.2 Å². The van der Waals surface area contributed by atoms with Gasteiger partial charge in [-0.3, -0.25) is 4.79 Å². The van der Waals surface area contributed by atoms with E-state index in [0.29, 0.717) is 6.42 Å². The molecule has 2 heterocycles. The molecule has 1 fully saturated rings. The minimum Gasteiger partial charge on any atom is -0.391 e. The third-order valence-electron chi connectivity index (χ3n) is 3.96. The van der Waals surface area contributed by atoms with Gasteiger partial charge in [-0.1, -0.05) is 6.58 Å². The zero-order valence-corrected chi connectivity index (χ0v) is 14.4. The van der Waals surface area contributed by atoms with Gasteiger partial charge >= 0.3 is 0 Å². The summed E-state index contributed by atoms with van der Waals surface area (Å²) in [4.78, 5) is 13.1. The minimum atomic E-state index is -1.26. The molecule has 0 aromatic heterocycles. The Morgan fingerprint density at radius 2 is 2.04 bits per heavy atom. The predicted molar refractivity (Wildman–Crippen MR) is 90.3 cm³/mol. The van der Waals surface area contributed by atoms with E-state index < -0.39 is 43.9 Å². The van der Waals surface area contributed by atoms with Crippen molar-refractivity contribution < 1.29 is 24.9 Å². The first-order chi connectivity index (χ1) is 10.6. The average molecular weight is 344 g/mol. The first-order valence-corrected chi connectivity index (χ1v) is 10.5. The van der Waals surface area contributed by atoms with Crippen LogP contribution in [0, 0.1) is 0 Å². The Hall–Kier alpha value is -1.11. The van der Waals surface area contributed by atoms with Crippen molar-refractivity contribution in [3.8, 4) is 0 Å². The van der Waals surface area contributed by atoms with Crippen molar-refractivity contribution in [1.29, 1.82) is 0 Å². The molecular weight excluding hydrogens is 319 g/mol. The first kappa shape index (κ1) is 18.2.